The van der Waals surface area contributed by atoms with Crippen molar-refractivity contribution in [3.8, 4) is 0 Å². The quantitative estimate of drug-likeness (QED) is 0.916. The highest BCUT2D eigenvalue weighted by molar-refractivity contribution is 6.31. The third-order valence-electron chi connectivity index (χ3n) is 3.78. The predicted molar refractivity (Wildman–Crippen MR) is 76.2 cm³/mol. The Hall–Kier alpha value is -1.10. The van der Waals surface area contributed by atoms with E-state index in [1.54, 1.807) is 0 Å². The lowest BCUT2D eigenvalue weighted by atomic mass is 10.1. The van der Waals surface area contributed by atoms with Gasteiger partial charge in [-0.3, -0.25) is 4.90 Å². The van der Waals surface area contributed by atoms with E-state index in [0.29, 0.717) is 5.02 Å². The number of aliphatic hydroxyl groups is 1. The number of hydrogen-bond acceptors (Lipinski definition) is 3. The van der Waals surface area contributed by atoms with Crippen LogP contribution in [-0.2, 0) is 13.6 Å². The van der Waals surface area contributed by atoms with Gasteiger partial charge in [-0.2, -0.15) is 0 Å². The number of imidazole rings is 1. The molecule has 1 N–H and O–H groups in total. The summed E-state index contributed by atoms with van der Waals surface area (Å²) in [5.41, 5.74) is 2.03. The van der Waals surface area contributed by atoms with Crippen LogP contribution in [0.25, 0.3) is 11.0 Å². The normalized spacial score (nSPS) is 21.1. The van der Waals surface area contributed by atoms with E-state index in [-0.39, 0.29) is 6.10 Å². The summed E-state index contributed by atoms with van der Waals surface area (Å²) in [4.78, 5) is 6.91. The summed E-state index contributed by atoms with van der Waals surface area (Å²) in [5, 5.41) is 10.4. The van der Waals surface area contributed by atoms with E-state index >= 15 is 0 Å². The Morgan fingerprint density at radius 1 is 1.47 bits per heavy atom. The van der Waals surface area contributed by atoms with Crippen molar-refractivity contribution in [1.29, 1.82) is 0 Å². The second-order valence-electron chi connectivity index (χ2n) is 5.25. The number of β-amino-alcohol motifs (C(OH)–C–C–N with tert-alkyl or cyclic N) is 1. The largest absolute Gasteiger partial charge is 0.392 e. The smallest absolute Gasteiger partial charge is 0.123 e. The molecule has 1 aromatic heterocycles. The topological polar surface area (TPSA) is 41.3 Å². The summed E-state index contributed by atoms with van der Waals surface area (Å²) in [5.74, 6) is 1.02. The fourth-order valence-corrected chi connectivity index (χ4v) is 2.91. The van der Waals surface area contributed by atoms with Crippen molar-refractivity contribution in [2.45, 2.75) is 25.5 Å². The lowest BCUT2D eigenvalue weighted by Gasteiger charge is -2.29. The van der Waals surface area contributed by atoms with Crippen LogP contribution in [0.5, 0.6) is 0 Å². The van der Waals surface area contributed by atoms with Crippen LogP contribution in [0.15, 0.2) is 18.2 Å². The zero-order chi connectivity index (χ0) is 13.4. The molecule has 0 saturated carbocycles. The number of aliphatic hydroxyl groups excluding tert-OH is 1. The molecule has 5 heteroatoms. The number of piperidine rings is 1. The van der Waals surface area contributed by atoms with Gasteiger partial charge in [0.25, 0.3) is 0 Å². The SMILES string of the molecule is Cn1c(CN2CCC[C@H](O)C2)nc2cc(Cl)ccc21. The number of rotatable bonds is 2. The fourth-order valence-electron chi connectivity index (χ4n) is 2.74. The number of fused-ring (bicyclic) bond motifs is 1. The number of aromatic nitrogens is 2. The zero-order valence-electron chi connectivity index (χ0n) is 11.0. The molecule has 0 spiro atoms. The molecule has 19 heavy (non-hydrogen) atoms. The molecule has 102 valence electrons. The van der Waals surface area contributed by atoms with E-state index in [4.69, 9.17) is 11.6 Å². The van der Waals surface area contributed by atoms with Gasteiger partial charge in [0.05, 0.1) is 23.7 Å². The number of benzene rings is 1. The first kappa shape index (κ1) is 12.9. The van der Waals surface area contributed by atoms with Gasteiger partial charge in [0, 0.05) is 18.6 Å². The van der Waals surface area contributed by atoms with Crippen LogP contribution in [-0.4, -0.2) is 38.8 Å². The number of halogens is 1. The molecule has 1 aliphatic rings. The van der Waals surface area contributed by atoms with E-state index in [1.165, 1.54) is 0 Å². The first-order valence-corrected chi connectivity index (χ1v) is 7.02. The van der Waals surface area contributed by atoms with Crippen molar-refractivity contribution in [2.24, 2.45) is 7.05 Å². The van der Waals surface area contributed by atoms with Gasteiger partial charge in [-0.1, -0.05) is 11.6 Å². The van der Waals surface area contributed by atoms with Gasteiger partial charge in [-0.25, -0.2) is 4.98 Å². The van der Waals surface area contributed by atoms with Crippen LogP contribution >= 0.6 is 11.6 Å². The van der Waals surface area contributed by atoms with Crippen molar-refractivity contribution >= 4 is 22.6 Å². The Labute approximate surface area is 117 Å². The van der Waals surface area contributed by atoms with Gasteiger partial charge < -0.3 is 9.67 Å². The summed E-state index contributed by atoms with van der Waals surface area (Å²) in [6.45, 7) is 2.55. The maximum atomic E-state index is 9.72. The molecule has 2 aromatic rings. The first-order chi connectivity index (χ1) is 9.13. The van der Waals surface area contributed by atoms with Crippen LogP contribution in [0.2, 0.25) is 5.02 Å². The summed E-state index contributed by atoms with van der Waals surface area (Å²) < 4.78 is 2.10. The van der Waals surface area contributed by atoms with Crippen LogP contribution in [0.3, 0.4) is 0 Å². The van der Waals surface area contributed by atoms with E-state index in [1.807, 2.05) is 25.2 Å². The van der Waals surface area contributed by atoms with Crippen LogP contribution in [0.1, 0.15) is 18.7 Å². The molecule has 0 radical (unpaired) electrons. The fraction of sp³-hybridized carbons (Fsp3) is 0.500. The molecule has 0 unspecified atom stereocenters. The highest BCUT2D eigenvalue weighted by atomic mass is 35.5. The number of aryl methyl sites for hydroxylation is 1. The Bertz CT molecular complexity index is 596. The highest BCUT2D eigenvalue weighted by Crippen LogP contribution is 2.21. The Balaban J connectivity index is 1.86. The van der Waals surface area contributed by atoms with Crippen LogP contribution < -0.4 is 0 Å². The molecule has 2 heterocycles. The maximum absolute atomic E-state index is 9.72. The minimum absolute atomic E-state index is 0.196. The molecule has 1 atom stereocenters. The van der Waals surface area contributed by atoms with Gasteiger partial charge in [0.2, 0.25) is 0 Å². The predicted octanol–water partition coefficient (Wildman–Crippen LogP) is 2.18. The first-order valence-electron chi connectivity index (χ1n) is 6.65. The Morgan fingerprint density at radius 2 is 2.32 bits per heavy atom. The minimum Gasteiger partial charge on any atom is -0.392 e. The molecule has 1 fully saturated rings. The molecule has 4 nitrogen and oxygen atoms in total. The minimum atomic E-state index is -0.196. The van der Waals surface area contributed by atoms with Crippen molar-refractivity contribution in [3.63, 3.8) is 0 Å². The van der Waals surface area contributed by atoms with Crippen molar-refractivity contribution < 1.29 is 5.11 Å². The van der Waals surface area contributed by atoms with Gasteiger partial charge in [-0.15, -0.1) is 0 Å². The third-order valence-corrected chi connectivity index (χ3v) is 4.02. The van der Waals surface area contributed by atoms with Crippen molar-refractivity contribution in [1.82, 2.24) is 14.5 Å². The lowest BCUT2D eigenvalue weighted by molar-refractivity contribution is 0.0651. The van der Waals surface area contributed by atoms with Gasteiger partial charge in [0.1, 0.15) is 5.82 Å². The standard InChI is InChI=1S/C14H18ClN3O/c1-17-13-5-4-10(15)7-12(13)16-14(17)9-18-6-2-3-11(19)8-18/h4-5,7,11,19H,2-3,6,8-9H2,1H3/t11-/m0/s1. The average Bonchev–Trinajstić information content (AvgIpc) is 2.66. The summed E-state index contributed by atoms with van der Waals surface area (Å²) in [6.07, 6.45) is 1.77. The van der Waals surface area contributed by atoms with Crippen molar-refractivity contribution in [3.05, 3.63) is 29.0 Å². The van der Waals surface area contributed by atoms with Gasteiger partial charge in [-0.05, 0) is 37.6 Å². The van der Waals surface area contributed by atoms with Crippen LogP contribution in [0.4, 0.5) is 0 Å². The van der Waals surface area contributed by atoms with E-state index in [2.05, 4.69) is 14.5 Å². The highest BCUT2D eigenvalue weighted by Gasteiger charge is 2.19. The molecule has 0 bridgehead atoms. The van der Waals surface area contributed by atoms with Crippen molar-refractivity contribution in [2.75, 3.05) is 13.1 Å². The molecule has 0 aliphatic carbocycles. The van der Waals surface area contributed by atoms with Gasteiger partial charge in [0.15, 0.2) is 0 Å². The number of hydrogen-bond donors (Lipinski definition) is 1. The molecular weight excluding hydrogens is 262 g/mol. The monoisotopic (exact) mass is 279 g/mol. The Morgan fingerprint density at radius 3 is 3.11 bits per heavy atom. The molecule has 0 amide bonds. The zero-order valence-corrected chi connectivity index (χ0v) is 11.8. The number of likely N-dealkylation sites (tertiary alicyclic amines) is 1. The lowest BCUT2D eigenvalue weighted by Crippen LogP contribution is -2.38. The van der Waals surface area contributed by atoms with Crippen LogP contribution in [0, 0.1) is 0 Å². The number of nitrogens with zero attached hydrogens (tertiary/aromatic N) is 3. The Kier molecular flexibility index (Phi) is 3.48. The third kappa shape index (κ3) is 2.61. The summed E-state index contributed by atoms with van der Waals surface area (Å²) >= 11 is 6.00. The molecule has 1 aliphatic heterocycles. The maximum Gasteiger partial charge on any atom is 0.123 e. The summed E-state index contributed by atoms with van der Waals surface area (Å²) in [6, 6.07) is 5.78. The molecule has 1 saturated heterocycles. The average molecular weight is 280 g/mol. The summed E-state index contributed by atoms with van der Waals surface area (Å²) in [7, 11) is 2.03. The van der Waals surface area contributed by atoms with E-state index < -0.39 is 0 Å². The second-order valence-corrected chi connectivity index (χ2v) is 5.69. The van der Waals surface area contributed by atoms with Gasteiger partial charge >= 0.3 is 0 Å². The second kappa shape index (κ2) is 5.12. The molecule has 1 aromatic carbocycles. The van der Waals surface area contributed by atoms with E-state index in [0.717, 1.165) is 49.3 Å². The van der Waals surface area contributed by atoms with E-state index in [9.17, 15) is 5.11 Å². The molecule has 3 rings (SSSR count). The molecular formula is C14H18ClN3O.